The van der Waals surface area contributed by atoms with Gasteiger partial charge in [0.2, 0.25) is 5.91 Å². The molecule has 0 saturated carbocycles. The second kappa shape index (κ2) is 6.09. The summed E-state index contributed by atoms with van der Waals surface area (Å²) in [5, 5.41) is 11.8. The van der Waals surface area contributed by atoms with Crippen LogP contribution in [0, 0.1) is 0 Å². The Hall–Kier alpha value is -1.82. The zero-order valence-corrected chi connectivity index (χ0v) is 11.9. The van der Waals surface area contributed by atoms with Crippen molar-refractivity contribution in [2.24, 2.45) is 0 Å². The van der Waals surface area contributed by atoms with E-state index in [-0.39, 0.29) is 18.0 Å². The van der Waals surface area contributed by atoms with E-state index in [1.807, 2.05) is 17.7 Å². The molecule has 0 aromatic carbocycles. The molecule has 1 aliphatic heterocycles. The van der Waals surface area contributed by atoms with Crippen LogP contribution in [0.3, 0.4) is 0 Å². The van der Waals surface area contributed by atoms with Gasteiger partial charge in [-0.25, -0.2) is 4.79 Å². The highest BCUT2D eigenvalue weighted by atomic mass is 16.4. The molecule has 6 nitrogen and oxygen atoms in total. The average Bonchev–Trinajstić information content (AvgIpc) is 2.95. The predicted octanol–water partition coefficient (Wildman–Crippen LogP) is 0.958. The van der Waals surface area contributed by atoms with Crippen molar-refractivity contribution in [1.82, 2.24) is 14.8 Å². The summed E-state index contributed by atoms with van der Waals surface area (Å²) in [6.07, 6.45) is 3.54. The third-order valence-corrected chi connectivity index (χ3v) is 4.06. The highest BCUT2D eigenvalue weighted by molar-refractivity contribution is 5.85. The summed E-state index contributed by atoms with van der Waals surface area (Å²) in [6, 6.07) is 3.46. The lowest BCUT2D eigenvalue weighted by molar-refractivity contribution is -0.125. The molecule has 2 N–H and O–H groups in total. The van der Waals surface area contributed by atoms with E-state index in [1.54, 1.807) is 19.2 Å². The SMILES string of the molecule is CNC(=O)C(C)N1CCC(n2cccc2C(=O)O)CC1. The monoisotopic (exact) mass is 279 g/mol. The second-order valence-electron chi connectivity index (χ2n) is 5.16. The lowest BCUT2D eigenvalue weighted by Gasteiger charge is -2.36. The molecule has 1 aromatic heterocycles. The minimum Gasteiger partial charge on any atom is -0.477 e. The molecular formula is C14H21N3O3. The van der Waals surface area contributed by atoms with E-state index in [0.717, 1.165) is 25.9 Å². The molecule has 1 amide bonds. The molecule has 1 saturated heterocycles. The van der Waals surface area contributed by atoms with Gasteiger partial charge in [0.1, 0.15) is 5.69 Å². The number of aromatic carboxylic acids is 1. The van der Waals surface area contributed by atoms with E-state index < -0.39 is 5.97 Å². The normalized spacial score (nSPS) is 18.7. The van der Waals surface area contributed by atoms with Gasteiger partial charge in [-0.1, -0.05) is 0 Å². The molecule has 1 aromatic rings. The first kappa shape index (κ1) is 14.6. The van der Waals surface area contributed by atoms with Gasteiger partial charge in [-0.05, 0) is 31.9 Å². The summed E-state index contributed by atoms with van der Waals surface area (Å²) in [4.78, 5) is 24.9. The fourth-order valence-corrected chi connectivity index (χ4v) is 2.82. The molecule has 1 unspecified atom stereocenters. The van der Waals surface area contributed by atoms with Crippen LogP contribution in [0.4, 0.5) is 0 Å². The number of likely N-dealkylation sites (N-methyl/N-ethyl adjacent to an activating group) is 1. The van der Waals surface area contributed by atoms with Crippen molar-refractivity contribution >= 4 is 11.9 Å². The molecule has 1 aliphatic rings. The van der Waals surface area contributed by atoms with Crippen LogP contribution >= 0.6 is 0 Å². The third kappa shape index (κ3) is 2.85. The molecule has 0 spiro atoms. The van der Waals surface area contributed by atoms with E-state index in [0.29, 0.717) is 5.69 Å². The van der Waals surface area contributed by atoms with Gasteiger partial charge in [0, 0.05) is 32.4 Å². The van der Waals surface area contributed by atoms with Gasteiger partial charge in [-0.15, -0.1) is 0 Å². The average molecular weight is 279 g/mol. The molecule has 0 bridgehead atoms. The Morgan fingerprint density at radius 1 is 1.40 bits per heavy atom. The number of hydrogen-bond donors (Lipinski definition) is 2. The van der Waals surface area contributed by atoms with Crippen LogP contribution in [-0.2, 0) is 4.79 Å². The molecule has 20 heavy (non-hydrogen) atoms. The van der Waals surface area contributed by atoms with Crippen LogP contribution in [0.2, 0.25) is 0 Å². The van der Waals surface area contributed by atoms with Crippen molar-refractivity contribution in [3.63, 3.8) is 0 Å². The second-order valence-corrected chi connectivity index (χ2v) is 5.16. The first-order valence-corrected chi connectivity index (χ1v) is 6.90. The van der Waals surface area contributed by atoms with Crippen LogP contribution < -0.4 is 5.32 Å². The van der Waals surface area contributed by atoms with E-state index >= 15 is 0 Å². The summed E-state index contributed by atoms with van der Waals surface area (Å²) in [6.45, 7) is 3.50. The quantitative estimate of drug-likeness (QED) is 0.861. The van der Waals surface area contributed by atoms with Gasteiger partial charge in [-0.3, -0.25) is 9.69 Å². The van der Waals surface area contributed by atoms with Crippen molar-refractivity contribution < 1.29 is 14.7 Å². The standard InChI is InChI=1S/C14H21N3O3/c1-10(13(18)15-2)16-8-5-11(6-9-16)17-7-3-4-12(17)14(19)20/h3-4,7,10-11H,5-6,8-9H2,1-2H3,(H,15,18)(H,19,20). The van der Waals surface area contributed by atoms with Gasteiger partial charge < -0.3 is 15.0 Å². The Labute approximate surface area is 118 Å². The number of hydrogen-bond acceptors (Lipinski definition) is 3. The van der Waals surface area contributed by atoms with Gasteiger partial charge in [0.05, 0.1) is 6.04 Å². The number of rotatable bonds is 4. The van der Waals surface area contributed by atoms with Crippen molar-refractivity contribution in [3.8, 4) is 0 Å². The third-order valence-electron chi connectivity index (χ3n) is 4.06. The summed E-state index contributed by atoms with van der Waals surface area (Å²) in [5.74, 6) is -0.869. The van der Waals surface area contributed by atoms with E-state index in [1.165, 1.54) is 0 Å². The van der Waals surface area contributed by atoms with Gasteiger partial charge in [0.15, 0.2) is 0 Å². The largest absolute Gasteiger partial charge is 0.477 e. The van der Waals surface area contributed by atoms with Crippen molar-refractivity contribution in [2.75, 3.05) is 20.1 Å². The first-order chi connectivity index (χ1) is 9.54. The Kier molecular flexibility index (Phi) is 4.44. The minimum atomic E-state index is -0.892. The summed E-state index contributed by atoms with van der Waals surface area (Å²) >= 11 is 0. The lowest BCUT2D eigenvalue weighted by atomic mass is 10.0. The smallest absolute Gasteiger partial charge is 0.352 e. The number of carbonyl (C=O) groups excluding carboxylic acids is 1. The molecule has 0 radical (unpaired) electrons. The Morgan fingerprint density at radius 3 is 2.60 bits per heavy atom. The summed E-state index contributed by atoms with van der Waals surface area (Å²) in [5.41, 5.74) is 0.336. The maximum Gasteiger partial charge on any atom is 0.352 e. The van der Waals surface area contributed by atoms with Gasteiger partial charge >= 0.3 is 5.97 Å². The number of piperidine rings is 1. The van der Waals surface area contributed by atoms with Crippen molar-refractivity contribution in [1.29, 1.82) is 0 Å². The van der Waals surface area contributed by atoms with E-state index in [2.05, 4.69) is 10.2 Å². The molecule has 1 atom stereocenters. The molecule has 2 heterocycles. The molecule has 0 aliphatic carbocycles. The number of nitrogens with one attached hydrogen (secondary N) is 1. The Morgan fingerprint density at radius 2 is 2.05 bits per heavy atom. The Bertz CT molecular complexity index is 490. The zero-order chi connectivity index (χ0) is 14.7. The lowest BCUT2D eigenvalue weighted by Crippen LogP contribution is -2.47. The van der Waals surface area contributed by atoms with Crippen molar-refractivity contribution in [3.05, 3.63) is 24.0 Å². The van der Waals surface area contributed by atoms with Crippen LogP contribution in [0.5, 0.6) is 0 Å². The summed E-state index contributed by atoms with van der Waals surface area (Å²) in [7, 11) is 1.64. The first-order valence-electron chi connectivity index (χ1n) is 6.90. The molecular weight excluding hydrogens is 258 g/mol. The van der Waals surface area contributed by atoms with Crippen LogP contribution in [0.15, 0.2) is 18.3 Å². The molecule has 110 valence electrons. The molecule has 6 heteroatoms. The molecule has 1 fully saturated rings. The van der Waals surface area contributed by atoms with Crippen LogP contribution in [-0.4, -0.2) is 52.6 Å². The number of aromatic nitrogens is 1. The van der Waals surface area contributed by atoms with E-state index in [9.17, 15) is 9.59 Å². The highest BCUT2D eigenvalue weighted by Crippen LogP contribution is 2.25. The summed E-state index contributed by atoms with van der Waals surface area (Å²) < 4.78 is 1.84. The number of carboxylic acid groups (broad SMARTS) is 1. The Balaban J connectivity index is 1.99. The maximum atomic E-state index is 11.6. The highest BCUT2D eigenvalue weighted by Gasteiger charge is 2.27. The van der Waals surface area contributed by atoms with Crippen molar-refractivity contribution in [2.45, 2.75) is 31.8 Å². The number of amides is 1. The topological polar surface area (TPSA) is 74.6 Å². The minimum absolute atomic E-state index is 0.0237. The van der Waals surface area contributed by atoms with Crippen LogP contribution in [0.1, 0.15) is 36.3 Å². The number of nitrogens with zero attached hydrogens (tertiary/aromatic N) is 2. The van der Waals surface area contributed by atoms with Gasteiger partial charge in [-0.2, -0.15) is 0 Å². The fraction of sp³-hybridized carbons (Fsp3) is 0.571. The zero-order valence-electron chi connectivity index (χ0n) is 11.9. The number of carboxylic acids is 1. The molecule has 2 rings (SSSR count). The van der Waals surface area contributed by atoms with Crippen LogP contribution in [0.25, 0.3) is 0 Å². The number of likely N-dealkylation sites (tertiary alicyclic amines) is 1. The number of carbonyl (C=O) groups is 2. The van der Waals surface area contributed by atoms with Gasteiger partial charge in [0.25, 0.3) is 0 Å². The van der Waals surface area contributed by atoms with E-state index in [4.69, 9.17) is 5.11 Å². The maximum absolute atomic E-state index is 11.6. The predicted molar refractivity (Wildman–Crippen MR) is 74.8 cm³/mol. The fourth-order valence-electron chi connectivity index (χ4n) is 2.82.